The topological polar surface area (TPSA) is 66.5 Å². The Labute approximate surface area is 291 Å². The number of carbonyl (C=O) groups is 1. The molecular formula is C37H60ClNO6Si2. The summed E-state index contributed by atoms with van der Waals surface area (Å²) >= 11 is 7.96. The molecule has 264 valence electrons. The first kappa shape index (κ1) is 37.1. The number of carbonyl (C=O) groups excluding carboxylic acids is 1. The molecule has 1 spiro atoms. The Morgan fingerprint density at radius 3 is 2.09 bits per heavy atom. The Bertz CT molecular complexity index is 1370. The standard InChI is InChI=1S/C37H60ClNO6Si2/c1-33(2,3)46(10,11)44-27-21-29(45-47(12,13)34(4,5)6)37(31(27)43-24-25-17-15-14-16-18-25)28(38)23-36-32(42-9)30(41-8)26(40)22-35(36,37)19-20-39(36)7/h14-18,27-29,31H,19-24H2,1-13H3/t27-,28+,29+,31-,35-,36-,37-/m1/s1. The van der Waals surface area contributed by atoms with Crippen molar-refractivity contribution in [3.05, 3.63) is 47.4 Å². The van der Waals surface area contributed by atoms with E-state index in [2.05, 4.69) is 91.8 Å². The zero-order chi connectivity index (χ0) is 35.0. The Morgan fingerprint density at radius 2 is 1.53 bits per heavy atom. The largest absolute Gasteiger partial charge is 0.495 e. The molecule has 0 bridgehead atoms. The normalized spacial score (nSPS) is 35.1. The highest BCUT2D eigenvalue weighted by molar-refractivity contribution is 6.74. The zero-order valence-corrected chi connectivity index (χ0v) is 34.0. The van der Waals surface area contributed by atoms with E-state index in [1.54, 1.807) is 14.2 Å². The summed E-state index contributed by atoms with van der Waals surface area (Å²) in [6, 6.07) is 10.3. The first-order valence-corrected chi connectivity index (χ1v) is 23.6. The third-order valence-electron chi connectivity index (χ3n) is 13.4. The summed E-state index contributed by atoms with van der Waals surface area (Å²) in [6.45, 7) is 24.2. The van der Waals surface area contributed by atoms with Crippen LogP contribution in [0.4, 0.5) is 0 Å². The van der Waals surface area contributed by atoms with Crippen LogP contribution in [0.3, 0.4) is 0 Å². The van der Waals surface area contributed by atoms with E-state index in [4.69, 9.17) is 34.7 Å². The van der Waals surface area contributed by atoms with E-state index in [0.29, 0.717) is 37.4 Å². The number of ether oxygens (including phenoxy) is 3. The Kier molecular flexibility index (Phi) is 9.65. The van der Waals surface area contributed by atoms with Gasteiger partial charge in [-0.1, -0.05) is 71.9 Å². The van der Waals surface area contributed by atoms with Gasteiger partial charge in [0.1, 0.15) is 0 Å². The molecular weight excluding hydrogens is 646 g/mol. The third kappa shape index (κ3) is 5.35. The second-order valence-corrected chi connectivity index (χ2v) is 27.7. The van der Waals surface area contributed by atoms with Crippen LogP contribution in [0, 0.1) is 10.8 Å². The highest BCUT2D eigenvalue weighted by atomic mass is 35.5. The van der Waals surface area contributed by atoms with Crippen LogP contribution in [0.5, 0.6) is 0 Å². The average molecular weight is 707 g/mol. The number of benzene rings is 1. The maximum Gasteiger partial charge on any atom is 0.201 e. The minimum absolute atomic E-state index is 0.00565. The van der Waals surface area contributed by atoms with Gasteiger partial charge < -0.3 is 23.1 Å². The highest BCUT2D eigenvalue weighted by Crippen LogP contribution is 2.77. The summed E-state index contributed by atoms with van der Waals surface area (Å²) < 4.78 is 34.4. The molecule has 0 N–H and O–H groups in total. The predicted molar refractivity (Wildman–Crippen MR) is 194 cm³/mol. The maximum absolute atomic E-state index is 14.3. The molecule has 47 heavy (non-hydrogen) atoms. The number of alkyl halides is 1. The van der Waals surface area contributed by atoms with E-state index in [1.807, 2.05) is 18.2 Å². The summed E-state index contributed by atoms with van der Waals surface area (Å²) in [5.41, 5.74) is -0.915. The number of Topliss-reactive ketones (excluding diaryl/α,β-unsaturated/α-hetero) is 1. The first-order valence-electron chi connectivity index (χ1n) is 17.4. The molecule has 1 saturated heterocycles. The van der Waals surface area contributed by atoms with Crippen molar-refractivity contribution < 1.29 is 27.9 Å². The molecule has 2 saturated carbocycles. The molecule has 10 heteroatoms. The van der Waals surface area contributed by atoms with E-state index >= 15 is 0 Å². The van der Waals surface area contributed by atoms with E-state index in [0.717, 1.165) is 18.5 Å². The average Bonchev–Trinajstić information content (AvgIpc) is 3.50. The Morgan fingerprint density at radius 1 is 0.936 bits per heavy atom. The van der Waals surface area contributed by atoms with E-state index in [-0.39, 0.29) is 33.4 Å². The van der Waals surface area contributed by atoms with Crippen LogP contribution in [-0.2, 0) is 34.5 Å². The lowest BCUT2D eigenvalue weighted by Gasteiger charge is -2.57. The number of halogens is 1. The summed E-state index contributed by atoms with van der Waals surface area (Å²) in [6.07, 6.45) is 1.41. The number of hydrogen-bond acceptors (Lipinski definition) is 7. The van der Waals surface area contributed by atoms with E-state index in [1.165, 1.54) is 0 Å². The number of allylic oxidation sites excluding steroid dienone is 1. The molecule has 7 nitrogen and oxygen atoms in total. The van der Waals surface area contributed by atoms with Gasteiger partial charge in [-0.25, -0.2) is 0 Å². The predicted octanol–water partition coefficient (Wildman–Crippen LogP) is 8.29. The van der Waals surface area contributed by atoms with Crippen molar-refractivity contribution in [2.75, 3.05) is 27.8 Å². The molecule has 5 rings (SSSR count). The van der Waals surface area contributed by atoms with Crippen LogP contribution in [0.1, 0.15) is 72.8 Å². The van der Waals surface area contributed by atoms with Gasteiger partial charge in [-0.2, -0.15) is 0 Å². The van der Waals surface area contributed by atoms with Gasteiger partial charge >= 0.3 is 0 Å². The van der Waals surface area contributed by atoms with Crippen LogP contribution < -0.4 is 0 Å². The van der Waals surface area contributed by atoms with Crippen molar-refractivity contribution in [2.45, 2.75) is 139 Å². The molecule has 1 aromatic carbocycles. The number of likely N-dealkylation sites (N-methyl/N-ethyl adjacent to an activating group) is 1. The van der Waals surface area contributed by atoms with Crippen molar-refractivity contribution >= 4 is 34.0 Å². The molecule has 7 atom stereocenters. The maximum atomic E-state index is 14.3. The molecule has 1 aromatic rings. The van der Waals surface area contributed by atoms with Crippen LogP contribution in [0.15, 0.2) is 41.9 Å². The van der Waals surface area contributed by atoms with Crippen molar-refractivity contribution in [1.29, 1.82) is 0 Å². The van der Waals surface area contributed by atoms with Crippen LogP contribution in [-0.4, -0.2) is 84.4 Å². The highest BCUT2D eigenvalue weighted by Gasteiger charge is 2.85. The van der Waals surface area contributed by atoms with Crippen molar-refractivity contribution in [3.8, 4) is 0 Å². The van der Waals surface area contributed by atoms with E-state index in [9.17, 15) is 4.79 Å². The second-order valence-electron chi connectivity index (χ2n) is 17.6. The molecule has 0 unspecified atom stereocenters. The Hall–Kier alpha value is -1.21. The molecule has 1 aliphatic heterocycles. The lowest BCUT2D eigenvalue weighted by atomic mass is 9.52. The molecule has 3 fully saturated rings. The number of methoxy groups -OCH3 is 2. The number of nitrogens with zero attached hydrogens (tertiary/aromatic N) is 1. The molecule has 0 radical (unpaired) electrons. The van der Waals surface area contributed by atoms with Gasteiger partial charge in [0.25, 0.3) is 0 Å². The lowest BCUT2D eigenvalue weighted by molar-refractivity contribution is -0.165. The van der Waals surface area contributed by atoms with Crippen molar-refractivity contribution in [2.24, 2.45) is 10.8 Å². The monoisotopic (exact) mass is 705 g/mol. The first-order chi connectivity index (χ1) is 21.7. The van der Waals surface area contributed by atoms with Gasteiger partial charge in [0.15, 0.2) is 22.4 Å². The molecule has 1 heterocycles. The SMILES string of the molecule is COC1=C(OC)[C@]23C[C@H](Cl)[C@]4([C@@H](O[Si](C)(C)C(C)(C)C)C[C@@H](O[Si](C)(C)C(C)(C)C)[C@H]4OCc4ccccc4)[C@]2(CCN3C)CC1=O. The van der Waals surface area contributed by atoms with E-state index < -0.39 is 39.1 Å². The molecule has 3 aliphatic carbocycles. The number of likely N-dealkylation sites (tertiary alicyclic amines) is 1. The van der Waals surface area contributed by atoms with Crippen molar-refractivity contribution in [3.63, 3.8) is 0 Å². The zero-order valence-electron chi connectivity index (χ0n) is 31.2. The minimum Gasteiger partial charge on any atom is -0.495 e. The summed E-state index contributed by atoms with van der Waals surface area (Å²) in [5.74, 6) is 0.871. The van der Waals surface area contributed by atoms with Gasteiger partial charge in [0, 0.05) is 29.0 Å². The van der Waals surface area contributed by atoms with Crippen LogP contribution in [0.2, 0.25) is 36.3 Å². The number of rotatable bonds is 9. The molecule has 0 amide bonds. The van der Waals surface area contributed by atoms with Gasteiger partial charge in [0.05, 0.1) is 44.7 Å². The minimum atomic E-state index is -2.35. The van der Waals surface area contributed by atoms with Gasteiger partial charge in [0.2, 0.25) is 11.5 Å². The summed E-state index contributed by atoms with van der Waals surface area (Å²) in [5, 5.41) is -0.408. The lowest BCUT2D eigenvalue weighted by Crippen LogP contribution is -2.66. The van der Waals surface area contributed by atoms with Crippen LogP contribution in [0.25, 0.3) is 0 Å². The van der Waals surface area contributed by atoms with Crippen LogP contribution >= 0.6 is 11.6 Å². The fourth-order valence-corrected chi connectivity index (χ4v) is 12.5. The number of hydrogen-bond donors (Lipinski definition) is 0. The fourth-order valence-electron chi connectivity index (χ4n) is 9.11. The second kappa shape index (κ2) is 12.2. The molecule has 0 aromatic heterocycles. The van der Waals surface area contributed by atoms with Gasteiger partial charge in [-0.15, -0.1) is 11.6 Å². The van der Waals surface area contributed by atoms with Crippen molar-refractivity contribution in [1.82, 2.24) is 4.90 Å². The van der Waals surface area contributed by atoms with Gasteiger partial charge in [-0.05, 0) is 68.3 Å². The smallest absolute Gasteiger partial charge is 0.201 e. The summed E-state index contributed by atoms with van der Waals surface area (Å²) in [4.78, 5) is 16.7. The van der Waals surface area contributed by atoms with Gasteiger partial charge in [-0.3, -0.25) is 9.69 Å². The third-order valence-corrected chi connectivity index (χ3v) is 22.9. The quantitative estimate of drug-likeness (QED) is 0.189. The Balaban J connectivity index is 1.79. The fraction of sp³-hybridized carbons (Fsp3) is 0.757. The molecule has 4 aliphatic rings. The number of ketones is 1. The summed E-state index contributed by atoms with van der Waals surface area (Å²) in [7, 11) is 0.759.